The van der Waals surface area contributed by atoms with E-state index in [0.29, 0.717) is 18.1 Å². The molecule has 0 amide bonds. The molecule has 3 aromatic rings. The van der Waals surface area contributed by atoms with Gasteiger partial charge in [0.1, 0.15) is 5.75 Å². The first kappa shape index (κ1) is 19.9. The van der Waals surface area contributed by atoms with E-state index in [-0.39, 0.29) is 6.10 Å². The van der Waals surface area contributed by atoms with Crippen LogP contribution in [0.15, 0.2) is 36.4 Å². The lowest BCUT2D eigenvalue weighted by molar-refractivity contribution is 0.145. The van der Waals surface area contributed by atoms with E-state index in [0.717, 1.165) is 59.4 Å². The molecule has 0 spiro atoms. The molecule has 4 rings (SSSR count). The number of ether oxygens (including phenoxy) is 1. The average molecular weight is 403 g/mol. The highest BCUT2D eigenvalue weighted by molar-refractivity contribution is 6.00. The van der Waals surface area contributed by atoms with Gasteiger partial charge in [-0.2, -0.15) is 0 Å². The zero-order chi connectivity index (χ0) is 21.1. The fourth-order valence-corrected chi connectivity index (χ4v) is 3.88. The maximum absolute atomic E-state index is 9.82. The highest BCUT2D eigenvalue weighted by atomic mass is 16.5. The lowest BCUT2D eigenvalue weighted by atomic mass is 10.1. The van der Waals surface area contributed by atoms with Gasteiger partial charge in [-0.25, -0.2) is 4.85 Å². The van der Waals surface area contributed by atoms with Crippen molar-refractivity contribution in [3.8, 4) is 5.75 Å². The van der Waals surface area contributed by atoms with Crippen molar-refractivity contribution in [3.05, 3.63) is 58.9 Å². The molecule has 0 unspecified atom stereocenters. The number of anilines is 2. The molecule has 1 aromatic heterocycles. The summed E-state index contributed by atoms with van der Waals surface area (Å²) in [5.74, 6) is 2.32. The van der Waals surface area contributed by atoms with Crippen molar-refractivity contribution in [2.24, 2.45) is 0 Å². The number of aliphatic hydroxyl groups is 1. The number of hydrogen-bond acceptors (Lipinski definition) is 6. The third kappa shape index (κ3) is 4.00. The average Bonchev–Trinajstić information content (AvgIpc) is 2.77. The summed E-state index contributed by atoms with van der Waals surface area (Å²) in [6.07, 6.45) is 1.20. The zero-order valence-electron chi connectivity index (χ0n) is 17.2. The lowest BCUT2D eigenvalue weighted by Crippen LogP contribution is -2.36. The van der Waals surface area contributed by atoms with Crippen molar-refractivity contribution in [2.45, 2.75) is 32.4 Å². The summed E-state index contributed by atoms with van der Waals surface area (Å²) in [5.41, 5.74) is 2.75. The Bertz CT molecular complexity index is 1100. The van der Waals surface area contributed by atoms with E-state index in [4.69, 9.17) is 11.3 Å². The lowest BCUT2D eigenvalue weighted by Gasteiger charge is -2.31. The fourth-order valence-electron chi connectivity index (χ4n) is 3.88. The minimum Gasteiger partial charge on any atom is -0.496 e. The van der Waals surface area contributed by atoms with Gasteiger partial charge in [-0.3, -0.25) is 0 Å². The van der Waals surface area contributed by atoms with Crippen LogP contribution in [0, 0.1) is 13.5 Å². The predicted octanol–water partition coefficient (Wildman–Crippen LogP) is 4.07. The van der Waals surface area contributed by atoms with Crippen LogP contribution in [0.5, 0.6) is 5.75 Å². The summed E-state index contributed by atoms with van der Waals surface area (Å²) in [6.45, 7) is 11.5. The van der Waals surface area contributed by atoms with E-state index < -0.39 is 0 Å². The van der Waals surface area contributed by atoms with E-state index in [1.54, 1.807) is 7.11 Å². The second kappa shape index (κ2) is 8.56. The van der Waals surface area contributed by atoms with Crippen LogP contribution in [0.4, 0.5) is 17.3 Å². The predicted molar refractivity (Wildman–Crippen MR) is 118 cm³/mol. The fraction of sp³-hybridized carbons (Fsp3) is 0.348. The number of hydrogen-bond donors (Lipinski definition) is 2. The molecule has 0 bridgehead atoms. The monoisotopic (exact) mass is 403 g/mol. The molecule has 1 saturated heterocycles. The molecule has 1 fully saturated rings. The molecule has 0 aliphatic carbocycles. The third-order valence-corrected chi connectivity index (χ3v) is 5.56. The molecule has 0 radical (unpaired) electrons. The minimum absolute atomic E-state index is 0.247. The second-order valence-corrected chi connectivity index (χ2v) is 7.59. The van der Waals surface area contributed by atoms with E-state index in [9.17, 15) is 5.11 Å². The van der Waals surface area contributed by atoms with Crippen molar-refractivity contribution in [1.29, 1.82) is 0 Å². The molecule has 30 heavy (non-hydrogen) atoms. The van der Waals surface area contributed by atoms with Crippen LogP contribution in [0.3, 0.4) is 0 Å². The molecular formula is C23H25N5O2. The van der Waals surface area contributed by atoms with Gasteiger partial charge in [-0.05, 0) is 43.0 Å². The summed E-state index contributed by atoms with van der Waals surface area (Å²) in [4.78, 5) is 5.74. The molecule has 1 aliphatic heterocycles. The van der Waals surface area contributed by atoms with Crippen LogP contribution in [-0.2, 0) is 6.54 Å². The first-order valence-electron chi connectivity index (χ1n) is 10.1. The van der Waals surface area contributed by atoms with Crippen molar-refractivity contribution in [2.75, 3.05) is 30.4 Å². The largest absolute Gasteiger partial charge is 0.496 e. The van der Waals surface area contributed by atoms with Crippen LogP contribution in [0.2, 0.25) is 0 Å². The normalized spacial score (nSPS) is 14.5. The zero-order valence-corrected chi connectivity index (χ0v) is 17.2. The third-order valence-electron chi connectivity index (χ3n) is 5.56. The number of fused-ring (bicyclic) bond motifs is 1. The first-order chi connectivity index (χ1) is 14.6. The van der Waals surface area contributed by atoms with Gasteiger partial charge in [0.25, 0.3) is 0 Å². The SMILES string of the molecule is [C-]#[N+]c1ccc2c(N3CCC(O)CC3)nnc(NCc3ccc(OC)c(C)c3)c2c1. The highest BCUT2D eigenvalue weighted by Gasteiger charge is 2.21. The Labute approximate surface area is 176 Å². The number of aliphatic hydroxyl groups excluding tert-OH is 1. The minimum atomic E-state index is -0.247. The van der Waals surface area contributed by atoms with E-state index in [2.05, 4.69) is 31.3 Å². The van der Waals surface area contributed by atoms with Crippen LogP contribution >= 0.6 is 0 Å². The topological polar surface area (TPSA) is 74.9 Å². The molecule has 0 saturated carbocycles. The van der Waals surface area contributed by atoms with Gasteiger partial charge in [-0.15, -0.1) is 10.2 Å². The van der Waals surface area contributed by atoms with Gasteiger partial charge < -0.3 is 20.1 Å². The quantitative estimate of drug-likeness (QED) is 0.626. The Kier molecular flexibility index (Phi) is 5.68. The Balaban J connectivity index is 1.65. The summed E-state index contributed by atoms with van der Waals surface area (Å²) in [6, 6.07) is 11.7. The van der Waals surface area contributed by atoms with Gasteiger partial charge in [-0.1, -0.05) is 24.3 Å². The molecule has 2 N–H and O–H groups in total. The molecule has 154 valence electrons. The number of piperidine rings is 1. The standard InChI is InChI=1S/C23H25N5O2/c1-15-12-16(4-7-21(15)30-3)14-25-22-20-13-17(24-2)5-6-19(20)23(27-26-22)28-10-8-18(29)9-11-28/h4-7,12-13,18,29H,8-11,14H2,1,3H3,(H,25,26). The summed E-state index contributed by atoms with van der Waals surface area (Å²) in [5, 5.41) is 24.0. The molecule has 7 nitrogen and oxygen atoms in total. The number of benzene rings is 2. The number of aryl methyl sites for hydroxylation is 1. The van der Waals surface area contributed by atoms with E-state index in [1.807, 2.05) is 37.3 Å². The number of rotatable bonds is 5. The van der Waals surface area contributed by atoms with Crippen molar-refractivity contribution < 1.29 is 9.84 Å². The van der Waals surface area contributed by atoms with E-state index in [1.165, 1.54) is 0 Å². The van der Waals surface area contributed by atoms with Gasteiger partial charge in [0, 0.05) is 30.4 Å². The molecule has 2 heterocycles. The van der Waals surface area contributed by atoms with Crippen LogP contribution < -0.4 is 15.0 Å². The Morgan fingerprint density at radius 1 is 1.17 bits per heavy atom. The summed E-state index contributed by atoms with van der Waals surface area (Å²) >= 11 is 0. The van der Waals surface area contributed by atoms with E-state index >= 15 is 0 Å². The van der Waals surface area contributed by atoms with Gasteiger partial charge in [0.05, 0.1) is 19.8 Å². The van der Waals surface area contributed by atoms with Crippen LogP contribution in [0.25, 0.3) is 15.6 Å². The molecular weight excluding hydrogens is 378 g/mol. The number of methoxy groups -OCH3 is 1. The van der Waals surface area contributed by atoms with Gasteiger partial charge >= 0.3 is 0 Å². The smallest absolute Gasteiger partial charge is 0.188 e. The molecule has 7 heteroatoms. The maximum atomic E-state index is 9.82. The maximum Gasteiger partial charge on any atom is 0.188 e. The van der Waals surface area contributed by atoms with Crippen molar-refractivity contribution >= 4 is 28.1 Å². The highest BCUT2D eigenvalue weighted by Crippen LogP contribution is 2.33. The van der Waals surface area contributed by atoms with Gasteiger partial charge in [0.15, 0.2) is 17.3 Å². The number of nitrogens with zero attached hydrogens (tertiary/aromatic N) is 4. The number of nitrogens with one attached hydrogen (secondary N) is 1. The Morgan fingerprint density at radius 2 is 1.97 bits per heavy atom. The summed E-state index contributed by atoms with van der Waals surface area (Å²) in [7, 11) is 1.67. The first-order valence-corrected chi connectivity index (χ1v) is 10.1. The Hall–Kier alpha value is -3.37. The van der Waals surface area contributed by atoms with Crippen molar-refractivity contribution in [3.63, 3.8) is 0 Å². The van der Waals surface area contributed by atoms with Gasteiger partial charge in [0.2, 0.25) is 0 Å². The molecule has 0 atom stereocenters. The van der Waals surface area contributed by atoms with Crippen molar-refractivity contribution in [1.82, 2.24) is 10.2 Å². The Morgan fingerprint density at radius 3 is 2.67 bits per heavy atom. The second-order valence-electron chi connectivity index (χ2n) is 7.59. The van der Waals surface area contributed by atoms with Crippen LogP contribution in [-0.4, -0.2) is 41.6 Å². The molecule has 2 aromatic carbocycles. The molecule has 1 aliphatic rings. The van der Waals surface area contributed by atoms with Crippen LogP contribution in [0.1, 0.15) is 24.0 Å². The number of aromatic nitrogens is 2. The summed E-state index contributed by atoms with van der Waals surface area (Å²) < 4.78 is 5.33.